The second-order valence-corrected chi connectivity index (χ2v) is 8.55. The van der Waals surface area contributed by atoms with Crippen molar-refractivity contribution in [1.29, 1.82) is 0 Å². The SMILES string of the molecule is CN(CC(=O)N1CCc2ccccc21)S(=O)(=O)c1cccc2cnccc12. The van der Waals surface area contributed by atoms with E-state index in [1.165, 1.54) is 7.05 Å². The number of pyridine rings is 1. The zero-order chi connectivity index (χ0) is 19.0. The summed E-state index contributed by atoms with van der Waals surface area (Å²) in [5.74, 6) is -0.229. The van der Waals surface area contributed by atoms with E-state index in [9.17, 15) is 13.2 Å². The number of nitrogens with zero attached hydrogens (tertiary/aromatic N) is 3. The Morgan fingerprint density at radius 3 is 2.81 bits per heavy atom. The van der Waals surface area contributed by atoms with Crippen LogP contribution in [-0.2, 0) is 21.2 Å². The maximum absolute atomic E-state index is 13.1. The molecule has 6 nitrogen and oxygen atoms in total. The smallest absolute Gasteiger partial charge is 0.243 e. The lowest BCUT2D eigenvalue weighted by Gasteiger charge is -2.22. The molecule has 27 heavy (non-hydrogen) atoms. The molecule has 0 radical (unpaired) electrons. The molecule has 138 valence electrons. The topological polar surface area (TPSA) is 70.6 Å². The third-order valence-electron chi connectivity index (χ3n) is 4.88. The van der Waals surface area contributed by atoms with Gasteiger partial charge < -0.3 is 4.90 Å². The summed E-state index contributed by atoms with van der Waals surface area (Å²) in [5.41, 5.74) is 1.97. The van der Waals surface area contributed by atoms with Gasteiger partial charge in [0.25, 0.3) is 0 Å². The number of likely N-dealkylation sites (N-methyl/N-ethyl adjacent to an activating group) is 1. The van der Waals surface area contributed by atoms with E-state index in [1.807, 2.05) is 30.3 Å². The van der Waals surface area contributed by atoms with Crippen LogP contribution >= 0.6 is 0 Å². The molecule has 0 N–H and O–H groups in total. The maximum atomic E-state index is 13.1. The first-order valence-corrected chi connectivity index (χ1v) is 10.1. The summed E-state index contributed by atoms with van der Waals surface area (Å²) in [6, 6.07) is 14.4. The Kier molecular flexibility index (Phi) is 4.41. The average molecular weight is 381 g/mol. The zero-order valence-corrected chi connectivity index (χ0v) is 15.7. The molecule has 2 heterocycles. The molecule has 3 aromatic rings. The van der Waals surface area contributed by atoms with Crippen LogP contribution < -0.4 is 4.90 Å². The van der Waals surface area contributed by atoms with Gasteiger partial charge in [0.2, 0.25) is 15.9 Å². The number of para-hydroxylation sites is 1. The number of carbonyl (C=O) groups excluding carboxylic acids is 1. The molecule has 7 heteroatoms. The highest BCUT2D eigenvalue weighted by molar-refractivity contribution is 7.89. The van der Waals surface area contributed by atoms with Crippen molar-refractivity contribution < 1.29 is 13.2 Å². The van der Waals surface area contributed by atoms with Gasteiger partial charge in [0.1, 0.15) is 0 Å². The number of rotatable bonds is 4. The molecule has 1 amide bonds. The van der Waals surface area contributed by atoms with Crippen molar-refractivity contribution in [2.24, 2.45) is 0 Å². The molecule has 0 saturated carbocycles. The highest BCUT2D eigenvalue weighted by Crippen LogP contribution is 2.28. The molecule has 1 aliphatic rings. The minimum atomic E-state index is -3.81. The number of fused-ring (bicyclic) bond motifs is 2. The van der Waals surface area contributed by atoms with Gasteiger partial charge in [-0.3, -0.25) is 9.78 Å². The van der Waals surface area contributed by atoms with Crippen LogP contribution in [0, 0.1) is 0 Å². The van der Waals surface area contributed by atoms with E-state index in [0.29, 0.717) is 11.9 Å². The van der Waals surface area contributed by atoms with Crippen molar-refractivity contribution in [2.45, 2.75) is 11.3 Å². The van der Waals surface area contributed by atoms with E-state index in [2.05, 4.69) is 4.98 Å². The highest BCUT2D eigenvalue weighted by Gasteiger charge is 2.29. The van der Waals surface area contributed by atoms with Crippen molar-refractivity contribution in [2.75, 3.05) is 25.0 Å². The van der Waals surface area contributed by atoms with Gasteiger partial charge in [-0.1, -0.05) is 30.3 Å². The first-order valence-electron chi connectivity index (χ1n) is 8.66. The Morgan fingerprint density at radius 1 is 1.15 bits per heavy atom. The number of carbonyl (C=O) groups is 1. The largest absolute Gasteiger partial charge is 0.311 e. The number of hydrogen-bond acceptors (Lipinski definition) is 4. The molecule has 2 aromatic carbocycles. The lowest BCUT2D eigenvalue weighted by atomic mass is 10.2. The lowest BCUT2D eigenvalue weighted by Crippen LogP contribution is -2.40. The number of hydrogen-bond donors (Lipinski definition) is 0. The summed E-state index contributed by atoms with van der Waals surface area (Å²) in [6.45, 7) is 0.365. The van der Waals surface area contributed by atoms with Crippen LogP contribution in [0.15, 0.2) is 65.8 Å². The molecule has 0 fully saturated rings. The van der Waals surface area contributed by atoms with E-state index in [0.717, 1.165) is 27.4 Å². The molecular weight excluding hydrogens is 362 g/mol. The minimum absolute atomic E-state index is 0.180. The summed E-state index contributed by atoms with van der Waals surface area (Å²) >= 11 is 0. The normalized spacial score (nSPS) is 13.9. The molecule has 0 aliphatic carbocycles. The van der Waals surface area contributed by atoms with Crippen LogP contribution in [0.3, 0.4) is 0 Å². The van der Waals surface area contributed by atoms with Crippen molar-refractivity contribution in [1.82, 2.24) is 9.29 Å². The molecule has 1 aromatic heterocycles. The summed E-state index contributed by atoms with van der Waals surface area (Å²) in [4.78, 5) is 18.6. The number of benzene rings is 2. The van der Waals surface area contributed by atoms with Gasteiger partial charge in [0, 0.05) is 42.4 Å². The molecule has 0 unspecified atom stereocenters. The number of sulfonamides is 1. The summed E-state index contributed by atoms with van der Waals surface area (Å²) in [7, 11) is -2.37. The van der Waals surface area contributed by atoms with E-state index in [4.69, 9.17) is 0 Å². The molecule has 0 spiro atoms. The predicted octanol–water partition coefficient (Wildman–Crippen LogP) is 2.44. The first-order chi connectivity index (χ1) is 13.0. The number of aromatic nitrogens is 1. The fourth-order valence-electron chi connectivity index (χ4n) is 3.44. The monoisotopic (exact) mass is 381 g/mol. The van der Waals surface area contributed by atoms with E-state index in [1.54, 1.807) is 35.5 Å². The van der Waals surface area contributed by atoms with E-state index < -0.39 is 10.0 Å². The van der Waals surface area contributed by atoms with Crippen LogP contribution in [0.1, 0.15) is 5.56 Å². The van der Waals surface area contributed by atoms with Crippen LogP contribution in [-0.4, -0.2) is 43.8 Å². The highest BCUT2D eigenvalue weighted by atomic mass is 32.2. The predicted molar refractivity (Wildman–Crippen MR) is 104 cm³/mol. The van der Waals surface area contributed by atoms with Crippen LogP contribution in [0.4, 0.5) is 5.69 Å². The van der Waals surface area contributed by atoms with Crippen LogP contribution in [0.2, 0.25) is 0 Å². The van der Waals surface area contributed by atoms with E-state index in [-0.39, 0.29) is 17.3 Å². The molecular formula is C20H19N3O3S. The second-order valence-electron chi connectivity index (χ2n) is 6.54. The summed E-state index contributed by atoms with van der Waals surface area (Å²) < 4.78 is 27.3. The van der Waals surface area contributed by atoms with Crippen molar-refractivity contribution in [3.8, 4) is 0 Å². The fourth-order valence-corrected chi connectivity index (χ4v) is 4.77. The Hall–Kier alpha value is -2.77. The lowest BCUT2D eigenvalue weighted by molar-refractivity contribution is -0.118. The zero-order valence-electron chi connectivity index (χ0n) is 14.9. The first kappa shape index (κ1) is 17.6. The Labute approximate surface area is 158 Å². The minimum Gasteiger partial charge on any atom is -0.311 e. The summed E-state index contributed by atoms with van der Waals surface area (Å²) in [5, 5.41) is 1.34. The van der Waals surface area contributed by atoms with Crippen LogP contribution in [0.5, 0.6) is 0 Å². The molecule has 4 rings (SSSR count). The number of anilines is 1. The third kappa shape index (κ3) is 3.09. The van der Waals surface area contributed by atoms with Gasteiger partial charge in [-0.05, 0) is 30.2 Å². The third-order valence-corrected chi connectivity index (χ3v) is 6.74. The van der Waals surface area contributed by atoms with E-state index >= 15 is 0 Å². The van der Waals surface area contributed by atoms with Gasteiger partial charge in [0.05, 0.1) is 11.4 Å². The molecule has 0 bridgehead atoms. The van der Waals surface area contributed by atoms with Gasteiger partial charge in [0.15, 0.2) is 0 Å². The number of amides is 1. The molecule has 0 atom stereocenters. The van der Waals surface area contributed by atoms with Gasteiger partial charge in [-0.15, -0.1) is 0 Å². The standard InChI is InChI=1S/C20H19N3O3S/c1-22(14-20(24)23-12-10-15-5-2-3-7-18(15)23)27(25,26)19-8-4-6-16-13-21-11-9-17(16)19/h2-9,11,13H,10,12,14H2,1H3. The molecule has 0 saturated heterocycles. The van der Waals surface area contributed by atoms with Gasteiger partial charge in [-0.25, -0.2) is 8.42 Å². The Bertz CT molecular complexity index is 1120. The Balaban J connectivity index is 1.61. The van der Waals surface area contributed by atoms with Crippen LogP contribution in [0.25, 0.3) is 10.8 Å². The Morgan fingerprint density at radius 2 is 1.96 bits per heavy atom. The second kappa shape index (κ2) is 6.75. The van der Waals surface area contributed by atoms with Crippen molar-refractivity contribution >= 4 is 32.4 Å². The maximum Gasteiger partial charge on any atom is 0.243 e. The average Bonchev–Trinajstić information content (AvgIpc) is 3.11. The fraction of sp³-hybridized carbons (Fsp3) is 0.200. The quantitative estimate of drug-likeness (QED) is 0.696. The van der Waals surface area contributed by atoms with Crippen molar-refractivity contribution in [3.05, 3.63) is 66.5 Å². The summed E-state index contributed by atoms with van der Waals surface area (Å²) in [6.07, 6.45) is 3.98. The van der Waals surface area contributed by atoms with Gasteiger partial charge >= 0.3 is 0 Å². The molecule has 1 aliphatic heterocycles. The van der Waals surface area contributed by atoms with Crippen molar-refractivity contribution in [3.63, 3.8) is 0 Å². The van der Waals surface area contributed by atoms with Gasteiger partial charge in [-0.2, -0.15) is 4.31 Å².